The first-order valence-electron chi connectivity index (χ1n) is 9.90. The number of carbonyl (C=O) groups is 2. The fourth-order valence-electron chi connectivity index (χ4n) is 2.93. The summed E-state index contributed by atoms with van der Waals surface area (Å²) >= 11 is 0. The molecule has 0 saturated heterocycles. The van der Waals surface area contributed by atoms with Gasteiger partial charge in [0.25, 0.3) is 0 Å². The lowest BCUT2D eigenvalue weighted by Crippen LogP contribution is -2.48. The van der Waals surface area contributed by atoms with E-state index in [0.717, 1.165) is 0 Å². The van der Waals surface area contributed by atoms with Gasteiger partial charge in [-0.15, -0.1) is 0 Å². The smallest absolute Gasteiger partial charge is 0.313 e. The van der Waals surface area contributed by atoms with E-state index < -0.39 is 17.4 Å². The van der Waals surface area contributed by atoms with Crippen LogP contribution in [-0.4, -0.2) is 41.2 Å². The number of phenols is 1. The number of carbonyl (C=O) groups excluding carboxylic acids is 2. The molecule has 2 aromatic carbocycles. The molecule has 0 atom stereocenters. The fraction of sp³-hybridized carbons (Fsp3) is 0.261. The molecule has 0 aliphatic rings. The van der Waals surface area contributed by atoms with Crippen LogP contribution in [0.25, 0.3) is 11.3 Å². The van der Waals surface area contributed by atoms with E-state index in [1.54, 1.807) is 56.4 Å². The summed E-state index contributed by atoms with van der Waals surface area (Å²) in [5.74, 6) is -0.217. The highest BCUT2D eigenvalue weighted by molar-refractivity contribution is 6.39. The maximum atomic E-state index is 12.4. The van der Waals surface area contributed by atoms with Crippen LogP contribution in [0.15, 0.2) is 59.5 Å². The third kappa shape index (κ3) is 5.78. The first-order valence-corrected chi connectivity index (χ1v) is 9.90. The van der Waals surface area contributed by atoms with Gasteiger partial charge in [-0.2, -0.15) is 0 Å². The molecule has 0 unspecified atom stereocenters. The second kappa shape index (κ2) is 9.86. The molecular weight excluding hydrogens is 414 g/mol. The summed E-state index contributed by atoms with van der Waals surface area (Å²) in [6, 6.07) is 11.6. The molecule has 2 amide bonds. The lowest BCUT2D eigenvalue weighted by molar-refractivity contribution is -0.137. The number of hydrogen-bond donors (Lipinski definition) is 3. The molecule has 168 valence electrons. The molecule has 9 nitrogen and oxygen atoms in total. The Hall–Kier alpha value is -4.01. The monoisotopic (exact) mass is 439 g/mol. The number of aromatic nitrogens is 1. The molecule has 0 saturated carbocycles. The van der Waals surface area contributed by atoms with Gasteiger partial charge in [0.2, 0.25) is 0 Å². The van der Waals surface area contributed by atoms with Crippen molar-refractivity contribution >= 4 is 17.5 Å². The number of nitrogens with zero attached hydrogens (tertiary/aromatic N) is 1. The van der Waals surface area contributed by atoms with Crippen LogP contribution in [0, 0.1) is 0 Å². The summed E-state index contributed by atoms with van der Waals surface area (Å²) < 4.78 is 16.2. The van der Waals surface area contributed by atoms with Crippen molar-refractivity contribution in [3.8, 4) is 28.6 Å². The first kappa shape index (κ1) is 22.7. The summed E-state index contributed by atoms with van der Waals surface area (Å²) in [6.45, 7) is 3.80. The Morgan fingerprint density at radius 3 is 2.59 bits per heavy atom. The number of anilines is 1. The largest absolute Gasteiger partial charge is 0.504 e. The number of nitrogens with one attached hydrogen (secondary N) is 2. The Bertz CT molecular complexity index is 1080. The van der Waals surface area contributed by atoms with Crippen molar-refractivity contribution in [1.82, 2.24) is 10.3 Å². The van der Waals surface area contributed by atoms with Gasteiger partial charge in [-0.1, -0.05) is 12.1 Å². The first-order chi connectivity index (χ1) is 15.3. The third-order valence-electron chi connectivity index (χ3n) is 4.67. The molecule has 3 aromatic rings. The highest BCUT2D eigenvalue weighted by atomic mass is 16.5. The topological polar surface area (TPSA) is 123 Å². The molecule has 0 spiro atoms. The summed E-state index contributed by atoms with van der Waals surface area (Å²) in [4.78, 5) is 28.7. The normalized spacial score (nSPS) is 11.0. The lowest BCUT2D eigenvalue weighted by atomic mass is 10.0. The van der Waals surface area contributed by atoms with Crippen LogP contribution in [0.3, 0.4) is 0 Å². The van der Waals surface area contributed by atoms with E-state index in [2.05, 4.69) is 15.6 Å². The molecule has 3 N–H and O–H groups in total. The number of hydrogen-bond acceptors (Lipinski definition) is 7. The lowest BCUT2D eigenvalue weighted by Gasteiger charge is -2.26. The molecule has 9 heteroatoms. The van der Waals surface area contributed by atoms with Crippen molar-refractivity contribution in [2.75, 3.05) is 19.0 Å². The number of aromatic hydroxyl groups is 1. The Kier molecular flexibility index (Phi) is 6.99. The SMILES string of the molecule is COc1cc(NC(=O)C(=O)NC(C)(C)CCOc2ccccc2O)ccc1-c1cnco1. The molecule has 32 heavy (non-hydrogen) atoms. The standard InChI is InChI=1S/C23H25N3O6/c1-23(2,10-11-31-18-7-5-4-6-17(18)27)26-22(29)21(28)25-15-8-9-16(19(12-15)30-3)20-13-24-14-32-20/h4-9,12-14,27H,10-11H2,1-3H3,(H,25,28)(H,26,29). The van der Waals surface area contributed by atoms with Crippen LogP contribution in [0.1, 0.15) is 20.3 Å². The third-order valence-corrected chi connectivity index (χ3v) is 4.67. The van der Waals surface area contributed by atoms with E-state index in [9.17, 15) is 14.7 Å². The van der Waals surface area contributed by atoms with E-state index in [4.69, 9.17) is 13.9 Å². The number of oxazole rings is 1. The number of para-hydroxylation sites is 2. The number of methoxy groups -OCH3 is 1. The van der Waals surface area contributed by atoms with Crippen molar-refractivity contribution in [3.05, 3.63) is 55.1 Å². The van der Waals surface area contributed by atoms with Gasteiger partial charge in [-0.3, -0.25) is 9.59 Å². The average molecular weight is 439 g/mol. The predicted octanol–water partition coefficient (Wildman–Crippen LogP) is 3.36. The summed E-state index contributed by atoms with van der Waals surface area (Å²) in [5.41, 5.74) is 0.344. The molecule has 1 heterocycles. The van der Waals surface area contributed by atoms with E-state index in [1.165, 1.54) is 19.6 Å². The zero-order valence-electron chi connectivity index (χ0n) is 18.0. The van der Waals surface area contributed by atoms with Crippen LogP contribution in [0.5, 0.6) is 17.2 Å². The molecule has 0 bridgehead atoms. The van der Waals surface area contributed by atoms with Crippen molar-refractivity contribution in [3.63, 3.8) is 0 Å². The molecule has 0 fully saturated rings. The maximum absolute atomic E-state index is 12.4. The molecule has 0 aliphatic carbocycles. The highest BCUT2D eigenvalue weighted by Crippen LogP contribution is 2.32. The summed E-state index contributed by atoms with van der Waals surface area (Å²) in [7, 11) is 1.49. The second-order valence-electron chi connectivity index (χ2n) is 7.64. The van der Waals surface area contributed by atoms with Crippen LogP contribution in [0.4, 0.5) is 5.69 Å². The van der Waals surface area contributed by atoms with Gasteiger partial charge in [0.05, 0.1) is 25.5 Å². The minimum absolute atomic E-state index is 0.0403. The minimum Gasteiger partial charge on any atom is -0.504 e. The molecule has 0 aliphatic heterocycles. The van der Waals surface area contributed by atoms with E-state index in [-0.39, 0.29) is 12.4 Å². The van der Waals surface area contributed by atoms with Gasteiger partial charge in [0.15, 0.2) is 23.7 Å². The number of rotatable bonds is 8. The van der Waals surface area contributed by atoms with Gasteiger partial charge in [0.1, 0.15) is 5.75 Å². The van der Waals surface area contributed by atoms with Crippen LogP contribution in [0.2, 0.25) is 0 Å². The molecule has 1 aromatic heterocycles. The van der Waals surface area contributed by atoms with Gasteiger partial charge >= 0.3 is 11.8 Å². The molecule has 0 radical (unpaired) electrons. The Balaban J connectivity index is 1.55. The van der Waals surface area contributed by atoms with E-state index >= 15 is 0 Å². The number of phenolic OH excluding ortho intramolecular Hbond substituents is 1. The van der Waals surface area contributed by atoms with E-state index in [1.807, 2.05) is 0 Å². The van der Waals surface area contributed by atoms with Crippen molar-refractivity contribution in [2.45, 2.75) is 25.8 Å². The van der Waals surface area contributed by atoms with Crippen LogP contribution >= 0.6 is 0 Å². The molecular formula is C23H25N3O6. The van der Waals surface area contributed by atoms with Crippen LogP contribution in [-0.2, 0) is 9.59 Å². The second-order valence-corrected chi connectivity index (χ2v) is 7.64. The van der Waals surface area contributed by atoms with Crippen molar-refractivity contribution < 1.29 is 28.6 Å². The maximum Gasteiger partial charge on any atom is 0.313 e. The summed E-state index contributed by atoms with van der Waals surface area (Å²) in [5, 5.41) is 15.0. The zero-order valence-corrected chi connectivity index (χ0v) is 18.0. The van der Waals surface area contributed by atoms with E-state index in [0.29, 0.717) is 34.9 Å². The van der Waals surface area contributed by atoms with Gasteiger partial charge in [-0.25, -0.2) is 4.98 Å². The summed E-state index contributed by atoms with van der Waals surface area (Å²) in [6.07, 6.45) is 3.28. The highest BCUT2D eigenvalue weighted by Gasteiger charge is 2.25. The fourth-order valence-corrected chi connectivity index (χ4v) is 2.93. The Labute approximate surface area is 185 Å². The Morgan fingerprint density at radius 2 is 1.91 bits per heavy atom. The minimum atomic E-state index is -0.811. The van der Waals surface area contributed by atoms with Gasteiger partial charge in [0, 0.05) is 23.7 Å². The Morgan fingerprint density at radius 1 is 1.12 bits per heavy atom. The van der Waals surface area contributed by atoms with Gasteiger partial charge in [-0.05, 0) is 38.1 Å². The van der Waals surface area contributed by atoms with Gasteiger partial charge < -0.3 is 29.6 Å². The number of benzene rings is 2. The number of ether oxygens (including phenoxy) is 2. The average Bonchev–Trinajstić information content (AvgIpc) is 3.29. The quantitative estimate of drug-likeness (QED) is 0.460. The zero-order chi connectivity index (χ0) is 23.1. The van der Waals surface area contributed by atoms with Crippen molar-refractivity contribution in [2.24, 2.45) is 0 Å². The van der Waals surface area contributed by atoms with Crippen LogP contribution < -0.4 is 20.1 Å². The number of amides is 2. The molecule has 3 rings (SSSR count). The predicted molar refractivity (Wildman–Crippen MR) is 118 cm³/mol. The van der Waals surface area contributed by atoms with Crippen molar-refractivity contribution in [1.29, 1.82) is 0 Å².